The molecule has 0 aliphatic carbocycles. The second-order valence-corrected chi connectivity index (χ2v) is 3.19. The first-order valence-electron chi connectivity index (χ1n) is 3.73. The number of anilines is 1. The Bertz CT molecular complexity index is 338. The first-order valence-corrected chi connectivity index (χ1v) is 4.11. The van der Waals surface area contributed by atoms with Gasteiger partial charge in [0.05, 0.1) is 10.7 Å². The van der Waals surface area contributed by atoms with Crippen LogP contribution in [0.4, 0.5) is 10.5 Å². The number of rotatable bonds is 1. The monoisotopic (exact) mass is 198 g/mol. The molecule has 0 heterocycles. The summed E-state index contributed by atoms with van der Waals surface area (Å²) in [6.07, 6.45) is -1.27. The highest BCUT2D eigenvalue weighted by molar-refractivity contribution is 6.33. The van der Waals surface area contributed by atoms with Crippen molar-refractivity contribution in [1.82, 2.24) is 0 Å². The maximum absolute atomic E-state index is 10.5. The van der Waals surface area contributed by atoms with Gasteiger partial charge in [-0.1, -0.05) is 17.7 Å². The zero-order valence-electron chi connectivity index (χ0n) is 7.37. The van der Waals surface area contributed by atoms with Gasteiger partial charge in [0.2, 0.25) is 0 Å². The molecule has 0 bridgehead atoms. The first-order chi connectivity index (χ1) is 6.02. The third-order valence-electron chi connectivity index (χ3n) is 1.74. The average molecular weight is 199 g/mol. The second kappa shape index (κ2) is 3.66. The maximum Gasteiger partial charge on any atom is 0.457 e. The van der Waals surface area contributed by atoms with Crippen molar-refractivity contribution in [2.24, 2.45) is 0 Å². The highest BCUT2D eigenvalue weighted by Crippen LogP contribution is 2.25. The molecule has 0 saturated heterocycles. The molecule has 0 aliphatic rings. The van der Waals surface area contributed by atoms with Crippen molar-refractivity contribution in [3.63, 3.8) is 0 Å². The van der Waals surface area contributed by atoms with E-state index in [2.05, 4.69) is 0 Å². The Morgan fingerprint density at radius 3 is 2.54 bits per heavy atom. The van der Waals surface area contributed by atoms with Gasteiger partial charge in [-0.15, -0.1) is 0 Å². The average Bonchev–Trinajstić information content (AvgIpc) is 2.03. The second-order valence-electron chi connectivity index (χ2n) is 2.78. The predicted octanol–water partition coefficient (Wildman–Crippen LogP) is 2.64. The quantitative estimate of drug-likeness (QED) is 0.684. The Morgan fingerprint density at radius 2 is 2.08 bits per heavy atom. The summed E-state index contributed by atoms with van der Waals surface area (Å²) >= 11 is 5.84. The van der Waals surface area contributed by atoms with Crippen LogP contribution in [0.1, 0.15) is 5.56 Å². The van der Waals surface area contributed by atoms with Crippen LogP contribution in [0.25, 0.3) is 0 Å². The van der Waals surface area contributed by atoms with Crippen LogP contribution in [0, 0.1) is 6.92 Å². The normalized spacial score (nSPS) is 9.77. The number of halogens is 1. The first kappa shape index (κ1) is 9.86. The van der Waals surface area contributed by atoms with E-state index < -0.39 is 6.09 Å². The molecule has 3 nitrogen and oxygen atoms in total. The van der Waals surface area contributed by atoms with Crippen LogP contribution in [0.5, 0.6) is 0 Å². The van der Waals surface area contributed by atoms with E-state index in [0.29, 0.717) is 10.7 Å². The Labute approximate surface area is 81.5 Å². The van der Waals surface area contributed by atoms with E-state index in [4.69, 9.17) is 11.6 Å². The van der Waals surface area contributed by atoms with Gasteiger partial charge in [-0.2, -0.15) is 0 Å². The predicted molar refractivity (Wildman–Crippen MR) is 50.7 cm³/mol. The lowest BCUT2D eigenvalue weighted by Gasteiger charge is -2.13. The molecule has 0 fully saturated rings. The molecule has 1 aromatic rings. The zero-order chi connectivity index (χ0) is 10.0. The fourth-order valence-corrected chi connectivity index (χ4v) is 1.34. The molecular formula is C9H9ClNO2. The molecule has 0 N–H and O–H groups in total. The fraction of sp³-hybridized carbons (Fsp3) is 0.222. The summed E-state index contributed by atoms with van der Waals surface area (Å²) in [6.45, 7) is 1.88. The highest BCUT2D eigenvalue weighted by atomic mass is 35.5. The smallest absolute Gasteiger partial charge is 0.276 e. The molecule has 0 atom stereocenters. The molecule has 13 heavy (non-hydrogen) atoms. The third-order valence-corrected chi connectivity index (χ3v) is 2.04. The lowest BCUT2D eigenvalue weighted by Crippen LogP contribution is -2.22. The summed E-state index contributed by atoms with van der Waals surface area (Å²) in [7, 11) is 1.39. The van der Waals surface area contributed by atoms with Crippen LogP contribution in [0.2, 0.25) is 5.02 Å². The molecule has 4 heteroatoms. The van der Waals surface area contributed by atoms with Gasteiger partial charge in [0, 0.05) is 7.05 Å². The fourth-order valence-electron chi connectivity index (χ4n) is 0.982. The van der Waals surface area contributed by atoms with Crippen molar-refractivity contribution in [2.75, 3.05) is 11.9 Å². The summed E-state index contributed by atoms with van der Waals surface area (Å²) in [5.41, 5.74) is 1.42. The Balaban J connectivity index is 3.08. The van der Waals surface area contributed by atoms with Gasteiger partial charge in [0.1, 0.15) is 0 Å². The number of carbonyl (C=O) groups is 1. The number of carbonyl (C=O) groups excluding carboxylic acids is 1. The Morgan fingerprint density at radius 1 is 1.46 bits per heavy atom. The molecule has 69 valence electrons. The van der Waals surface area contributed by atoms with Gasteiger partial charge in [0.15, 0.2) is 0 Å². The van der Waals surface area contributed by atoms with Gasteiger partial charge in [-0.05, 0) is 24.6 Å². The number of nitrogens with zero attached hydrogens (tertiary/aromatic N) is 1. The Kier molecular flexibility index (Phi) is 2.78. The number of hydrogen-bond acceptors (Lipinski definition) is 1. The van der Waals surface area contributed by atoms with E-state index in [1.165, 1.54) is 7.05 Å². The van der Waals surface area contributed by atoms with Gasteiger partial charge >= 0.3 is 6.09 Å². The third kappa shape index (κ3) is 2.12. The lowest BCUT2D eigenvalue weighted by molar-refractivity contribution is 0.178. The van der Waals surface area contributed by atoms with E-state index in [-0.39, 0.29) is 0 Å². The van der Waals surface area contributed by atoms with Crippen molar-refractivity contribution in [3.05, 3.63) is 28.8 Å². The van der Waals surface area contributed by atoms with Gasteiger partial charge in [-0.25, -0.2) is 9.90 Å². The SMILES string of the molecule is Cc1ccc(N(C)C([O])=O)c(Cl)c1. The molecule has 0 aromatic heterocycles. The molecular weight excluding hydrogens is 190 g/mol. The van der Waals surface area contributed by atoms with Crippen LogP contribution in [-0.4, -0.2) is 13.1 Å². The summed E-state index contributed by atoms with van der Waals surface area (Å²) in [4.78, 5) is 11.5. The van der Waals surface area contributed by atoms with Crippen LogP contribution in [0.3, 0.4) is 0 Å². The van der Waals surface area contributed by atoms with Crippen molar-refractivity contribution < 1.29 is 9.90 Å². The number of aryl methyl sites for hydroxylation is 1. The molecule has 0 saturated carbocycles. The molecule has 0 aliphatic heterocycles. The minimum absolute atomic E-state index is 0.409. The van der Waals surface area contributed by atoms with E-state index >= 15 is 0 Å². The van der Waals surface area contributed by atoms with Crippen molar-refractivity contribution in [1.29, 1.82) is 0 Å². The molecule has 0 spiro atoms. The van der Waals surface area contributed by atoms with Crippen molar-refractivity contribution in [3.8, 4) is 0 Å². The largest absolute Gasteiger partial charge is 0.457 e. The number of hydrogen-bond donors (Lipinski definition) is 0. The zero-order valence-corrected chi connectivity index (χ0v) is 8.13. The minimum atomic E-state index is -1.27. The van der Waals surface area contributed by atoms with Gasteiger partial charge in [0.25, 0.3) is 0 Å². The van der Waals surface area contributed by atoms with E-state index in [9.17, 15) is 9.90 Å². The van der Waals surface area contributed by atoms with E-state index in [0.717, 1.165) is 10.5 Å². The lowest BCUT2D eigenvalue weighted by atomic mass is 10.2. The number of benzene rings is 1. The van der Waals surface area contributed by atoms with Crippen LogP contribution in [-0.2, 0) is 5.11 Å². The van der Waals surface area contributed by atoms with Gasteiger partial charge in [-0.3, -0.25) is 4.90 Å². The van der Waals surface area contributed by atoms with Crippen LogP contribution >= 0.6 is 11.6 Å². The molecule has 1 aromatic carbocycles. The topological polar surface area (TPSA) is 40.2 Å². The summed E-state index contributed by atoms with van der Waals surface area (Å²) in [5, 5.41) is 10.9. The standard InChI is InChI=1S/C9H9ClNO2/c1-6-3-4-8(7(10)5-6)11(2)9(12)13/h3-5H,1-2H3. The van der Waals surface area contributed by atoms with Crippen LogP contribution in [0.15, 0.2) is 18.2 Å². The summed E-state index contributed by atoms with van der Waals surface area (Å²) in [5.74, 6) is 0. The summed E-state index contributed by atoms with van der Waals surface area (Å²) < 4.78 is 0. The molecule has 1 radical (unpaired) electrons. The van der Waals surface area contributed by atoms with Crippen molar-refractivity contribution >= 4 is 23.4 Å². The van der Waals surface area contributed by atoms with Crippen molar-refractivity contribution in [2.45, 2.75) is 6.92 Å². The molecule has 1 amide bonds. The minimum Gasteiger partial charge on any atom is -0.276 e. The summed E-state index contributed by atoms with van der Waals surface area (Å²) in [6, 6.07) is 5.14. The maximum atomic E-state index is 10.5. The van der Waals surface area contributed by atoms with Gasteiger partial charge < -0.3 is 0 Å². The highest BCUT2D eigenvalue weighted by Gasteiger charge is 2.13. The van der Waals surface area contributed by atoms with E-state index in [1.54, 1.807) is 18.2 Å². The van der Waals surface area contributed by atoms with Crippen LogP contribution < -0.4 is 4.90 Å². The molecule has 0 unspecified atom stereocenters. The number of amides is 1. The Hall–Kier alpha value is -1.22. The van der Waals surface area contributed by atoms with E-state index in [1.807, 2.05) is 6.92 Å². The molecule has 1 rings (SSSR count).